The van der Waals surface area contributed by atoms with E-state index < -0.39 is 4.92 Å². The number of fused-ring (bicyclic) bond motifs is 2. The average molecular weight is 352 g/mol. The maximum absolute atomic E-state index is 10.9. The molecule has 26 heavy (non-hydrogen) atoms. The Hall–Kier alpha value is -3.75. The van der Waals surface area contributed by atoms with Crippen molar-refractivity contribution >= 4 is 23.3 Å². The summed E-state index contributed by atoms with van der Waals surface area (Å²) in [5.74, 6) is 1.21. The van der Waals surface area contributed by atoms with Crippen LogP contribution in [0.1, 0.15) is 16.7 Å². The maximum Gasteiger partial charge on any atom is 0.269 e. The van der Waals surface area contributed by atoms with Crippen molar-refractivity contribution in [2.75, 3.05) is 6.79 Å². The van der Waals surface area contributed by atoms with Crippen LogP contribution in [0.4, 0.5) is 5.69 Å². The maximum atomic E-state index is 10.9. The molecule has 2 aliphatic heterocycles. The monoisotopic (exact) mass is 352 g/mol. The lowest BCUT2D eigenvalue weighted by Crippen LogP contribution is -2.08. The average Bonchev–Trinajstić information content (AvgIpc) is 3.02. The lowest BCUT2D eigenvalue weighted by Gasteiger charge is -2.10. The van der Waals surface area contributed by atoms with E-state index in [9.17, 15) is 10.1 Å². The van der Waals surface area contributed by atoms with Crippen molar-refractivity contribution in [2.24, 2.45) is 15.4 Å². The highest BCUT2D eigenvalue weighted by Crippen LogP contribution is 2.36. The molecule has 0 radical (unpaired) electrons. The van der Waals surface area contributed by atoms with Gasteiger partial charge in [-0.25, -0.2) is 0 Å². The minimum Gasteiger partial charge on any atom is -0.454 e. The van der Waals surface area contributed by atoms with Crippen molar-refractivity contribution in [3.8, 4) is 11.5 Å². The van der Waals surface area contributed by atoms with Crippen LogP contribution in [0.25, 0.3) is 0 Å². The SMILES string of the molecule is O=[N+]([O-])c1ccc(C2=NN=C(/C=N\O)Cc3cc4c(cc32)OCO4)cc1. The number of nitrogens with zero attached hydrogens (tertiary/aromatic N) is 4. The van der Waals surface area contributed by atoms with Gasteiger partial charge in [0.1, 0.15) is 5.71 Å². The van der Waals surface area contributed by atoms with E-state index in [1.165, 1.54) is 18.3 Å². The lowest BCUT2D eigenvalue weighted by molar-refractivity contribution is -0.384. The first-order valence-electron chi connectivity index (χ1n) is 7.65. The summed E-state index contributed by atoms with van der Waals surface area (Å²) in [6.45, 7) is 0.140. The molecule has 0 atom stereocenters. The number of hydrogen-bond donors (Lipinski definition) is 1. The van der Waals surface area contributed by atoms with Crippen molar-refractivity contribution in [2.45, 2.75) is 6.42 Å². The van der Waals surface area contributed by atoms with Crippen LogP contribution in [0.15, 0.2) is 51.8 Å². The van der Waals surface area contributed by atoms with Gasteiger partial charge in [0.15, 0.2) is 11.5 Å². The van der Waals surface area contributed by atoms with Crippen molar-refractivity contribution in [1.29, 1.82) is 0 Å². The van der Waals surface area contributed by atoms with Crippen molar-refractivity contribution in [1.82, 2.24) is 0 Å². The van der Waals surface area contributed by atoms with Crippen LogP contribution < -0.4 is 9.47 Å². The molecule has 0 saturated heterocycles. The van der Waals surface area contributed by atoms with E-state index in [4.69, 9.17) is 14.7 Å². The molecule has 4 rings (SSSR count). The van der Waals surface area contributed by atoms with Crippen molar-refractivity contribution in [3.63, 3.8) is 0 Å². The van der Waals surface area contributed by atoms with Gasteiger partial charge in [0, 0.05) is 29.7 Å². The number of ether oxygens (including phenoxy) is 2. The zero-order chi connectivity index (χ0) is 18.1. The number of nitro groups is 1. The summed E-state index contributed by atoms with van der Waals surface area (Å²) in [6.07, 6.45) is 1.60. The molecule has 9 nitrogen and oxygen atoms in total. The third-order valence-electron chi connectivity index (χ3n) is 4.06. The predicted octanol–water partition coefficient (Wildman–Crippen LogP) is 2.53. The second kappa shape index (κ2) is 6.28. The normalized spacial score (nSPS) is 15.2. The summed E-state index contributed by atoms with van der Waals surface area (Å²) >= 11 is 0. The summed E-state index contributed by atoms with van der Waals surface area (Å²) < 4.78 is 10.9. The largest absolute Gasteiger partial charge is 0.454 e. The Labute approximate surface area is 147 Å². The number of nitro benzene ring substituents is 1. The Bertz CT molecular complexity index is 979. The fourth-order valence-corrected chi connectivity index (χ4v) is 2.84. The molecule has 0 bridgehead atoms. The quantitative estimate of drug-likeness (QED) is 0.394. The number of oxime groups is 1. The van der Waals surface area contributed by atoms with E-state index in [0.29, 0.717) is 34.9 Å². The Morgan fingerprint density at radius 2 is 1.88 bits per heavy atom. The van der Waals surface area contributed by atoms with Crippen LogP contribution in [-0.4, -0.2) is 34.6 Å². The molecule has 2 aliphatic rings. The molecule has 2 aromatic rings. The molecule has 2 aromatic carbocycles. The highest BCUT2D eigenvalue weighted by Gasteiger charge is 2.23. The van der Waals surface area contributed by atoms with E-state index in [1.54, 1.807) is 12.1 Å². The molecule has 2 heterocycles. The smallest absolute Gasteiger partial charge is 0.269 e. The van der Waals surface area contributed by atoms with Gasteiger partial charge in [-0.3, -0.25) is 10.1 Å². The van der Waals surface area contributed by atoms with E-state index in [-0.39, 0.29) is 12.5 Å². The van der Waals surface area contributed by atoms with E-state index >= 15 is 0 Å². The van der Waals surface area contributed by atoms with Gasteiger partial charge >= 0.3 is 0 Å². The van der Waals surface area contributed by atoms with Gasteiger partial charge in [0.05, 0.1) is 16.8 Å². The predicted molar refractivity (Wildman–Crippen MR) is 92.7 cm³/mol. The summed E-state index contributed by atoms with van der Waals surface area (Å²) in [4.78, 5) is 10.4. The third kappa shape index (κ3) is 2.75. The standard InChI is InChI=1S/C17H12N4O5/c22-18-8-12-5-11-6-15-16(26-9-25-15)7-14(11)17(20-19-12)10-1-3-13(4-2-10)21(23)24/h1-4,6-8,22H,5,9H2/b18-8-. The zero-order valence-electron chi connectivity index (χ0n) is 13.3. The second-order valence-corrected chi connectivity index (χ2v) is 5.63. The Balaban J connectivity index is 1.85. The zero-order valence-corrected chi connectivity index (χ0v) is 13.3. The molecule has 0 saturated carbocycles. The number of non-ortho nitro benzene ring substituents is 1. The van der Waals surface area contributed by atoms with E-state index in [2.05, 4.69) is 15.4 Å². The molecular weight excluding hydrogens is 340 g/mol. The number of benzene rings is 2. The van der Waals surface area contributed by atoms with Crippen LogP contribution in [-0.2, 0) is 6.42 Å². The lowest BCUT2D eigenvalue weighted by atomic mass is 9.94. The summed E-state index contributed by atoms with van der Waals surface area (Å²) in [7, 11) is 0. The van der Waals surface area contributed by atoms with Gasteiger partial charge < -0.3 is 14.7 Å². The highest BCUT2D eigenvalue weighted by atomic mass is 16.7. The third-order valence-corrected chi connectivity index (χ3v) is 4.06. The van der Waals surface area contributed by atoms with E-state index in [0.717, 1.165) is 11.1 Å². The van der Waals surface area contributed by atoms with Crippen LogP contribution in [0.3, 0.4) is 0 Å². The first-order valence-corrected chi connectivity index (χ1v) is 7.65. The molecule has 9 heteroatoms. The van der Waals surface area contributed by atoms with Crippen LogP contribution in [0, 0.1) is 10.1 Å². The molecule has 0 amide bonds. The van der Waals surface area contributed by atoms with Gasteiger partial charge in [-0.05, 0) is 29.8 Å². The van der Waals surface area contributed by atoms with Crippen molar-refractivity contribution < 1.29 is 19.6 Å². The van der Waals surface area contributed by atoms with Gasteiger partial charge in [0.25, 0.3) is 5.69 Å². The van der Waals surface area contributed by atoms with Gasteiger partial charge in [-0.2, -0.15) is 5.10 Å². The summed E-state index contributed by atoms with van der Waals surface area (Å²) in [6, 6.07) is 9.71. The summed E-state index contributed by atoms with van der Waals surface area (Å²) in [5.41, 5.74) is 3.29. The molecular formula is C17H12N4O5. The first-order chi connectivity index (χ1) is 12.7. The fraction of sp³-hybridized carbons (Fsp3) is 0.118. The summed E-state index contributed by atoms with van der Waals surface area (Å²) in [5, 5.41) is 31.1. The Morgan fingerprint density at radius 3 is 2.58 bits per heavy atom. The first kappa shape index (κ1) is 15.8. The van der Waals surface area contributed by atoms with Crippen LogP contribution >= 0.6 is 0 Å². The highest BCUT2D eigenvalue weighted by molar-refractivity contribution is 6.32. The fourth-order valence-electron chi connectivity index (χ4n) is 2.84. The molecule has 0 aliphatic carbocycles. The van der Waals surface area contributed by atoms with Gasteiger partial charge in [-0.1, -0.05) is 5.16 Å². The number of hydrogen-bond acceptors (Lipinski definition) is 8. The number of rotatable bonds is 3. The van der Waals surface area contributed by atoms with Crippen molar-refractivity contribution in [3.05, 3.63) is 63.2 Å². The molecule has 0 aromatic heterocycles. The van der Waals surface area contributed by atoms with Gasteiger partial charge in [0.2, 0.25) is 6.79 Å². The van der Waals surface area contributed by atoms with Crippen LogP contribution in [0.2, 0.25) is 0 Å². The minimum absolute atomic E-state index is 0.00881. The Kier molecular flexibility index (Phi) is 3.81. The minimum atomic E-state index is -0.460. The molecule has 0 spiro atoms. The molecule has 1 N–H and O–H groups in total. The second-order valence-electron chi connectivity index (χ2n) is 5.63. The molecule has 130 valence electrons. The van der Waals surface area contributed by atoms with E-state index in [1.807, 2.05) is 12.1 Å². The molecule has 0 fully saturated rings. The Morgan fingerprint density at radius 1 is 1.15 bits per heavy atom. The topological polar surface area (TPSA) is 119 Å². The van der Waals surface area contributed by atoms with Gasteiger partial charge in [-0.15, -0.1) is 5.10 Å². The van der Waals surface area contributed by atoms with Crippen LogP contribution in [0.5, 0.6) is 11.5 Å². The molecule has 0 unspecified atom stereocenters.